The van der Waals surface area contributed by atoms with Crippen molar-refractivity contribution in [2.24, 2.45) is 0 Å². The Morgan fingerprint density at radius 3 is 2.95 bits per heavy atom. The number of rotatable bonds is 3. The van der Waals surface area contributed by atoms with Crippen LogP contribution < -0.4 is 10.5 Å². The topological polar surface area (TPSA) is 89.7 Å². The first kappa shape index (κ1) is 12.7. The highest BCUT2D eigenvalue weighted by Gasteiger charge is 2.13. The second kappa shape index (κ2) is 4.97. The van der Waals surface area contributed by atoms with Gasteiger partial charge in [0.05, 0.1) is 24.0 Å². The summed E-state index contributed by atoms with van der Waals surface area (Å²) in [5, 5.41) is 0.582. The first-order valence-corrected chi connectivity index (χ1v) is 6.45. The Bertz CT molecular complexity index is 776. The van der Waals surface area contributed by atoms with Crippen LogP contribution in [-0.4, -0.2) is 27.0 Å². The molecule has 0 aliphatic heterocycles. The Morgan fingerprint density at radius 2 is 2.15 bits per heavy atom. The van der Waals surface area contributed by atoms with Crippen LogP contribution in [0.2, 0.25) is 0 Å². The third kappa shape index (κ3) is 2.14. The molecule has 0 saturated carbocycles. The lowest BCUT2D eigenvalue weighted by Crippen LogP contribution is -1.95. The minimum absolute atomic E-state index is 0.253. The van der Waals surface area contributed by atoms with Gasteiger partial charge in [0, 0.05) is 6.07 Å². The summed E-state index contributed by atoms with van der Waals surface area (Å²) in [5.41, 5.74) is 7.10. The maximum Gasteiger partial charge on any atom is 0.181 e. The largest absolute Gasteiger partial charge is 0.495 e. The molecule has 2 heterocycles. The van der Waals surface area contributed by atoms with Gasteiger partial charge in [0.15, 0.2) is 5.65 Å². The van der Waals surface area contributed by atoms with Gasteiger partial charge in [-0.1, -0.05) is 11.8 Å². The molecule has 1 aromatic carbocycles. The molecule has 0 aliphatic rings. The van der Waals surface area contributed by atoms with Crippen molar-refractivity contribution in [3.8, 4) is 5.75 Å². The zero-order valence-electron chi connectivity index (χ0n) is 10.4. The molecule has 0 bridgehead atoms. The van der Waals surface area contributed by atoms with Crippen molar-refractivity contribution in [1.82, 2.24) is 19.9 Å². The van der Waals surface area contributed by atoms with Crippen molar-refractivity contribution in [2.75, 3.05) is 12.8 Å². The van der Waals surface area contributed by atoms with E-state index in [1.165, 1.54) is 25.8 Å². The number of benzene rings is 1. The number of ether oxygens (including phenoxy) is 1. The maximum atomic E-state index is 14.0. The number of aromatic amines is 1. The predicted molar refractivity (Wildman–Crippen MR) is 73.2 cm³/mol. The van der Waals surface area contributed by atoms with Gasteiger partial charge >= 0.3 is 0 Å². The fourth-order valence-corrected chi connectivity index (χ4v) is 2.61. The van der Waals surface area contributed by atoms with Gasteiger partial charge in [-0.15, -0.1) is 0 Å². The number of H-pyrrole nitrogens is 1. The normalized spacial score (nSPS) is 10.9. The lowest BCUT2D eigenvalue weighted by atomic mass is 10.3. The van der Waals surface area contributed by atoms with E-state index in [0.717, 1.165) is 11.8 Å². The fraction of sp³-hybridized carbons (Fsp3) is 0.0833. The van der Waals surface area contributed by atoms with Gasteiger partial charge in [-0.3, -0.25) is 0 Å². The van der Waals surface area contributed by atoms with Crippen molar-refractivity contribution in [1.29, 1.82) is 0 Å². The number of hydrogen-bond acceptors (Lipinski definition) is 6. The van der Waals surface area contributed by atoms with Crippen molar-refractivity contribution in [3.05, 3.63) is 30.6 Å². The van der Waals surface area contributed by atoms with Crippen molar-refractivity contribution in [3.63, 3.8) is 0 Å². The number of anilines is 1. The predicted octanol–water partition coefficient (Wildman–Crippen LogP) is 2.23. The van der Waals surface area contributed by atoms with E-state index in [0.29, 0.717) is 26.8 Å². The molecule has 0 fully saturated rings. The Hall–Kier alpha value is -2.35. The quantitative estimate of drug-likeness (QED) is 0.568. The number of nitrogen functional groups attached to an aromatic ring is 1. The van der Waals surface area contributed by atoms with Crippen LogP contribution in [0.25, 0.3) is 11.2 Å². The SMILES string of the molecule is COc1cc(Sc2ncnc3nc[nH]c23)c(F)cc1N. The number of nitrogens with one attached hydrogen (secondary N) is 1. The molecule has 0 unspecified atom stereocenters. The Morgan fingerprint density at radius 1 is 1.30 bits per heavy atom. The van der Waals surface area contributed by atoms with E-state index in [2.05, 4.69) is 19.9 Å². The second-order valence-electron chi connectivity index (χ2n) is 3.91. The molecule has 2 aromatic heterocycles. The van der Waals surface area contributed by atoms with Crippen LogP contribution in [-0.2, 0) is 0 Å². The number of methoxy groups -OCH3 is 1. The zero-order chi connectivity index (χ0) is 14.1. The molecule has 8 heteroatoms. The van der Waals surface area contributed by atoms with Crippen LogP contribution in [0.15, 0.2) is 34.7 Å². The summed E-state index contributed by atoms with van der Waals surface area (Å²) >= 11 is 1.15. The monoisotopic (exact) mass is 291 g/mol. The average molecular weight is 291 g/mol. The summed E-state index contributed by atoms with van der Waals surface area (Å²) in [6.45, 7) is 0. The van der Waals surface area contributed by atoms with Gasteiger partial charge in [-0.2, -0.15) is 0 Å². The molecule has 0 amide bonds. The van der Waals surface area contributed by atoms with Gasteiger partial charge in [0.2, 0.25) is 0 Å². The second-order valence-corrected chi connectivity index (χ2v) is 4.94. The summed E-state index contributed by atoms with van der Waals surface area (Å²) in [6, 6.07) is 2.77. The van der Waals surface area contributed by atoms with E-state index in [-0.39, 0.29) is 5.69 Å². The highest BCUT2D eigenvalue weighted by Crippen LogP contribution is 2.36. The summed E-state index contributed by atoms with van der Waals surface area (Å²) in [4.78, 5) is 15.5. The molecule has 3 rings (SSSR count). The van der Waals surface area contributed by atoms with E-state index in [9.17, 15) is 4.39 Å². The molecule has 0 saturated heterocycles. The van der Waals surface area contributed by atoms with Crippen LogP contribution in [0.1, 0.15) is 0 Å². The number of imidazole rings is 1. The van der Waals surface area contributed by atoms with Gasteiger partial charge in [0.1, 0.15) is 28.4 Å². The Kier molecular flexibility index (Phi) is 3.15. The zero-order valence-corrected chi connectivity index (χ0v) is 11.2. The van der Waals surface area contributed by atoms with Gasteiger partial charge in [0.25, 0.3) is 0 Å². The van der Waals surface area contributed by atoms with Crippen LogP contribution >= 0.6 is 11.8 Å². The highest BCUT2D eigenvalue weighted by atomic mass is 32.2. The number of halogens is 1. The summed E-state index contributed by atoms with van der Waals surface area (Å²) < 4.78 is 19.0. The number of hydrogen-bond donors (Lipinski definition) is 2. The lowest BCUT2D eigenvalue weighted by molar-refractivity contribution is 0.414. The number of aromatic nitrogens is 4. The number of nitrogens with zero attached hydrogens (tertiary/aromatic N) is 3. The minimum atomic E-state index is -0.431. The molecule has 0 radical (unpaired) electrons. The summed E-state index contributed by atoms with van der Waals surface area (Å²) in [5.74, 6) is -0.0108. The summed E-state index contributed by atoms with van der Waals surface area (Å²) in [7, 11) is 1.48. The molecule has 3 aromatic rings. The van der Waals surface area contributed by atoms with Crippen LogP contribution in [0.3, 0.4) is 0 Å². The van der Waals surface area contributed by atoms with E-state index >= 15 is 0 Å². The standard InChI is InChI=1S/C12H10FN5OS/c1-19-8-3-9(6(13)2-7(8)14)20-12-10-11(16-4-15-10)17-5-18-12/h2-5H,14H2,1H3,(H,15,16,17,18). The lowest BCUT2D eigenvalue weighted by Gasteiger charge is -2.08. The Balaban J connectivity index is 2.05. The number of fused-ring (bicyclic) bond motifs is 1. The van der Waals surface area contributed by atoms with Crippen molar-refractivity contribution in [2.45, 2.75) is 9.92 Å². The molecular formula is C12H10FN5OS. The van der Waals surface area contributed by atoms with Crippen molar-refractivity contribution < 1.29 is 9.13 Å². The third-order valence-corrected chi connectivity index (χ3v) is 3.71. The van der Waals surface area contributed by atoms with Gasteiger partial charge < -0.3 is 15.5 Å². The average Bonchev–Trinajstić information content (AvgIpc) is 2.91. The first-order chi connectivity index (χ1) is 9.69. The molecule has 3 N–H and O–H groups in total. The minimum Gasteiger partial charge on any atom is -0.495 e. The smallest absolute Gasteiger partial charge is 0.181 e. The van der Waals surface area contributed by atoms with E-state index in [4.69, 9.17) is 10.5 Å². The van der Waals surface area contributed by atoms with Gasteiger partial charge in [-0.05, 0) is 6.07 Å². The van der Waals surface area contributed by atoms with Crippen LogP contribution in [0.5, 0.6) is 5.75 Å². The third-order valence-electron chi connectivity index (χ3n) is 2.68. The number of nitrogens with two attached hydrogens (primary N) is 1. The van der Waals surface area contributed by atoms with Gasteiger partial charge in [-0.25, -0.2) is 19.3 Å². The summed E-state index contributed by atoms with van der Waals surface area (Å²) in [6.07, 6.45) is 2.90. The Labute approximate surface area is 117 Å². The molecule has 0 atom stereocenters. The molecule has 20 heavy (non-hydrogen) atoms. The van der Waals surface area contributed by atoms with Crippen LogP contribution in [0.4, 0.5) is 10.1 Å². The van der Waals surface area contributed by atoms with E-state index < -0.39 is 5.82 Å². The van der Waals surface area contributed by atoms with E-state index in [1.807, 2.05) is 0 Å². The maximum absolute atomic E-state index is 14.0. The van der Waals surface area contributed by atoms with Crippen molar-refractivity contribution >= 4 is 28.6 Å². The first-order valence-electron chi connectivity index (χ1n) is 5.64. The molecular weight excluding hydrogens is 281 g/mol. The molecule has 6 nitrogen and oxygen atoms in total. The van der Waals surface area contributed by atoms with Crippen LogP contribution in [0, 0.1) is 5.82 Å². The van der Waals surface area contributed by atoms with E-state index in [1.54, 1.807) is 6.07 Å². The molecule has 102 valence electrons. The molecule has 0 aliphatic carbocycles. The molecule has 0 spiro atoms. The fourth-order valence-electron chi connectivity index (χ4n) is 1.73. The highest BCUT2D eigenvalue weighted by molar-refractivity contribution is 7.99.